The maximum Gasteiger partial charge on any atom is 0.191 e. The Morgan fingerprint density at radius 2 is 1.90 bits per heavy atom. The van der Waals surface area contributed by atoms with Crippen molar-refractivity contribution in [3.05, 3.63) is 54.0 Å². The van der Waals surface area contributed by atoms with Gasteiger partial charge in [-0.15, -0.1) is 24.0 Å². The van der Waals surface area contributed by atoms with Gasteiger partial charge in [-0.25, -0.2) is 4.99 Å². The molecular formula is C22H33IN4O2. The topological polar surface area (TPSA) is 62.0 Å². The second kappa shape index (κ2) is 12.7. The van der Waals surface area contributed by atoms with E-state index in [-0.39, 0.29) is 24.0 Å². The molecule has 6 nitrogen and oxygen atoms in total. The van der Waals surface area contributed by atoms with E-state index in [2.05, 4.69) is 39.6 Å². The zero-order chi connectivity index (χ0) is 19.6. The average molecular weight is 512 g/mol. The number of rotatable bonds is 8. The Kier molecular flexibility index (Phi) is 10.3. The molecule has 0 amide bonds. The first-order chi connectivity index (χ1) is 13.8. The minimum absolute atomic E-state index is 0. The van der Waals surface area contributed by atoms with Crippen molar-refractivity contribution in [2.45, 2.75) is 38.8 Å². The Bertz CT molecular complexity index is 713. The second-order valence-electron chi connectivity index (χ2n) is 7.04. The van der Waals surface area contributed by atoms with E-state index in [1.54, 1.807) is 13.4 Å². The van der Waals surface area contributed by atoms with E-state index in [4.69, 9.17) is 9.15 Å². The first-order valence-corrected chi connectivity index (χ1v) is 10.2. The van der Waals surface area contributed by atoms with Crippen LogP contribution in [0.5, 0.6) is 5.75 Å². The smallest absolute Gasteiger partial charge is 0.191 e. The zero-order valence-corrected chi connectivity index (χ0v) is 19.7. The Morgan fingerprint density at radius 3 is 2.52 bits per heavy atom. The molecule has 1 unspecified atom stereocenters. The van der Waals surface area contributed by atoms with Crippen molar-refractivity contribution in [3.8, 4) is 5.75 Å². The van der Waals surface area contributed by atoms with E-state index in [0.717, 1.165) is 43.6 Å². The van der Waals surface area contributed by atoms with Crippen molar-refractivity contribution in [2.75, 3.05) is 33.3 Å². The number of halogens is 1. The molecule has 0 saturated carbocycles. The molecule has 2 heterocycles. The molecule has 1 atom stereocenters. The fraction of sp³-hybridized carbons (Fsp3) is 0.500. The molecule has 3 rings (SSSR count). The van der Waals surface area contributed by atoms with Crippen molar-refractivity contribution in [3.63, 3.8) is 0 Å². The molecule has 2 N–H and O–H groups in total. The minimum Gasteiger partial charge on any atom is -0.497 e. The Morgan fingerprint density at radius 1 is 1.14 bits per heavy atom. The molecule has 1 aromatic heterocycles. The van der Waals surface area contributed by atoms with Crippen LogP contribution < -0.4 is 15.4 Å². The van der Waals surface area contributed by atoms with Crippen molar-refractivity contribution >= 4 is 29.9 Å². The summed E-state index contributed by atoms with van der Waals surface area (Å²) in [7, 11) is 1.71. The van der Waals surface area contributed by atoms with Crippen LogP contribution in [-0.4, -0.2) is 44.1 Å². The molecule has 0 radical (unpaired) electrons. The SMILES string of the molecule is CCNC(=NCc1ccco1)NCC(c1ccc(OC)cc1)N1CCCCC1.I. The molecule has 29 heavy (non-hydrogen) atoms. The third-order valence-electron chi connectivity index (χ3n) is 5.11. The Hall–Kier alpha value is -1.74. The number of hydrogen-bond donors (Lipinski definition) is 2. The normalized spacial score (nSPS) is 16.0. The lowest BCUT2D eigenvalue weighted by Gasteiger charge is -2.35. The highest BCUT2D eigenvalue weighted by atomic mass is 127. The van der Waals surface area contributed by atoms with Crippen molar-refractivity contribution in [1.82, 2.24) is 15.5 Å². The lowest BCUT2D eigenvalue weighted by Crippen LogP contribution is -2.44. The van der Waals surface area contributed by atoms with Gasteiger partial charge in [0.05, 0.1) is 19.4 Å². The lowest BCUT2D eigenvalue weighted by atomic mass is 10.0. The molecule has 0 spiro atoms. The fourth-order valence-corrected chi connectivity index (χ4v) is 3.61. The molecule has 1 aliphatic rings. The standard InChI is InChI=1S/C22H32N4O2.HI/c1-3-23-22(24-16-20-8-7-15-28-20)25-17-21(26-13-5-4-6-14-26)18-9-11-19(27-2)12-10-18;/h7-12,15,21H,3-6,13-14,16-17H2,1-2H3,(H2,23,24,25);1H. The van der Waals surface area contributed by atoms with Gasteiger partial charge < -0.3 is 19.8 Å². The van der Waals surface area contributed by atoms with Crippen LogP contribution in [0.15, 0.2) is 52.1 Å². The summed E-state index contributed by atoms with van der Waals surface area (Å²) in [5.41, 5.74) is 1.30. The summed E-state index contributed by atoms with van der Waals surface area (Å²) in [4.78, 5) is 7.23. The highest BCUT2D eigenvalue weighted by Crippen LogP contribution is 2.25. The quantitative estimate of drug-likeness (QED) is 0.316. The highest BCUT2D eigenvalue weighted by molar-refractivity contribution is 14.0. The number of benzene rings is 1. The number of furan rings is 1. The number of guanidine groups is 1. The van der Waals surface area contributed by atoms with Gasteiger partial charge in [0.1, 0.15) is 18.1 Å². The number of hydrogen-bond acceptors (Lipinski definition) is 4. The molecule has 1 aliphatic heterocycles. The van der Waals surface area contributed by atoms with Crippen LogP contribution in [0.4, 0.5) is 0 Å². The van der Waals surface area contributed by atoms with Gasteiger partial charge in [0.15, 0.2) is 5.96 Å². The van der Waals surface area contributed by atoms with Crippen molar-refractivity contribution in [1.29, 1.82) is 0 Å². The van der Waals surface area contributed by atoms with Crippen LogP contribution in [0, 0.1) is 0 Å². The largest absolute Gasteiger partial charge is 0.497 e. The molecule has 1 saturated heterocycles. The van der Waals surface area contributed by atoms with Gasteiger partial charge in [0.25, 0.3) is 0 Å². The van der Waals surface area contributed by atoms with Crippen LogP contribution in [0.2, 0.25) is 0 Å². The summed E-state index contributed by atoms with van der Waals surface area (Å²) < 4.78 is 10.7. The number of ether oxygens (including phenoxy) is 1. The van der Waals surface area contributed by atoms with E-state index >= 15 is 0 Å². The van der Waals surface area contributed by atoms with E-state index < -0.39 is 0 Å². The molecule has 1 fully saturated rings. The molecule has 160 valence electrons. The number of nitrogens with one attached hydrogen (secondary N) is 2. The summed E-state index contributed by atoms with van der Waals surface area (Å²) in [5, 5.41) is 6.86. The van der Waals surface area contributed by atoms with Crippen LogP contribution >= 0.6 is 24.0 Å². The third kappa shape index (κ3) is 7.22. The molecule has 0 aliphatic carbocycles. The minimum atomic E-state index is 0. The van der Waals surface area contributed by atoms with Gasteiger partial charge in [-0.2, -0.15) is 0 Å². The predicted molar refractivity (Wildman–Crippen MR) is 128 cm³/mol. The van der Waals surface area contributed by atoms with Crippen LogP contribution in [0.1, 0.15) is 43.6 Å². The number of methoxy groups -OCH3 is 1. The highest BCUT2D eigenvalue weighted by Gasteiger charge is 2.22. The number of aliphatic imine (C=N–C) groups is 1. The van der Waals surface area contributed by atoms with Gasteiger partial charge >= 0.3 is 0 Å². The van der Waals surface area contributed by atoms with Gasteiger partial charge in [0, 0.05) is 13.1 Å². The molecule has 1 aromatic carbocycles. The summed E-state index contributed by atoms with van der Waals surface area (Å²) in [6, 6.07) is 12.6. The van der Waals surface area contributed by atoms with Crippen LogP contribution in [-0.2, 0) is 6.54 Å². The van der Waals surface area contributed by atoms with Crippen molar-refractivity contribution < 1.29 is 9.15 Å². The van der Waals surface area contributed by atoms with E-state index in [0.29, 0.717) is 12.6 Å². The van der Waals surface area contributed by atoms with E-state index in [1.807, 2.05) is 24.3 Å². The first-order valence-electron chi connectivity index (χ1n) is 10.2. The second-order valence-corrected chi connectivity index (χ2v) is 7.04. The Balaban J connectivity index is 0.00000300. The number of nitrogens with zero attached hydrogens (tertiary/aromatic N) is 2. The predicted octanol–water partition coefficient (Wildman–Crippen LogP) is 4.19. The summed E-state index contributed by atoms with van der Waals surface area (Å²) in [6.07, 6.45) is 5.53. The van der Waals surface area contributed by atoms with Gasteiger partial charge in [-0.05, 0) is 62.7 Å². The summed E-state index contributed by atoms with van der Waals surface area (Å²) >= 11 is 0. The lowest BCUT2D eigenvalue weighted by molar-refractivity contribution is 0.164. The average Bonchev–Trinajstić information content (AvgIpc) is 3.27. The Labute approximate surface area is 191 Å². The fourth-order valence-electron chi connectivity index (χ4n) is 3.61. The molecule has 2 aromatic rings. The first kappa shape index (κ1) is 23.5. The zero-order valence-electron chi connectivity index (χ0n) is 17.4. The number of piperidine rings is 1. The van der Waals surface area contributed by atoms with E-state index in [1.165, 1.54) is 24.8 Å². The maximum atomic E-state index is 5.39. The van der Waals surface area contributed by atoms with Gasteiger partial charge in [0.2, 0.25) is 0 Å². The monoisotopic (exact) mass is 512 g/mol. The van der Waals surface area contributed by atoms with Gasteiger partial charge in [-0.3, -0.25) is 4.90 Å². The summed E-state index contributed by atoms with van der Waals surface area (Å²) in [6.45, 7) is 6.50. The van der Waals surface area contributed by atoms with Crippen LogP contribution in [0.3, 0.4) is 0 Å². The molecular weight excluding hydrogens is 479 g/mol. The maximum absolute atomic E-state index is 5.39. The molecule has 7 heteroatoms. The number of likely N-dealkylation sites (tertiary alicyclic amines) is 1. The molecule has 0 bridgehead atoms. The van der Waals surface area contributed by atoms with Crippen molar-refractivity contribution in [2.24, 2.45) is 4.99 Å². The van der Waals surface area contributed by atoms with E-state index in [9.17, 15) is 0 Å². The van der Waals surface area contributed by atoms with Crippen LogP contribution in [0.25, 0.3) is 0 Å². The summed E-state index contributed by atoms with van der Waals surface area (Å²) in [5.74, 6) is 2.57. The third-order valence-corrected chi connectivity index (χ3v) is 5.11. The van der Waals surface area contributed by atoms with Gasteiger partial charge in [-0.1, -0.05) is 18.6 Å².